The van der Waals surface area contributed by atoms with E-state index < -0.39 is 0 Å². The lowest BCUT2D eigenvalue weighted by Crippen LogP contribution is -2.17. The molecule has 142 valence electrons. The Morgan fingerprint density at radius 1 is 0.964 bits per heavy atom. The van der Waals surface area contributed by atoms with Gasteiger partial charge in [-0.2, -0.15) is 0 Å². The summed E-state index contributed by atoms with van der Waals surface area (Å²) in [5.41, 5.74) is 3.98. The van der Waals surface area contributed by atoms with Crippen molar-refractivity contribution in [2.75, 3.05) is 28.6 Å². The molecule has 0 aliphatic carbocycles. The van der Waals surface area contributed by atoms with E-state index in [0.717, 1.165) is 24.5 Å². The van der Waals surface area contributed by atoms with Gasteiger partial charge < -0.3 is 15.5 Å². The number of hydrogen-bond donors (Lipinski definition) is 2. The summed E-state index contributed by atoms with van der Waals surface area (Å²) in [6.07, 6.45) is 5.75. The summed E-state index contributed by atoms with van der Waals surface area (Å²) in [4.78, 5) is 19.1. The van der Waals surface area contributed by atoms with Crippen LogP contribution in [-0.2, 0) is 0 Å². The lowest BCUT2D eigenvalue weighted by molar-refractivity contribution is 0.102. The predicted octanol–water partition coefficient (Wildman–Crippen LogP) is 5.33. The van der Waals surface area contributed by atoms with Crippen molar-refractivity contribution in [1.29, 1.82) is 0 Å². The Labute approximate surface area is 169 Å². The molecular formula is C22H21ClN4O. The number of aromatic nitrogens is 1. The number of amides is 1. The highest BCUT2D eigenvalue weighted by Crippen LogP contribution is 2.25. The quantitative estimate of drug-likeness (QED) is 0.616. The second-order valence-corrected chi connectivity index (χ2v) is 7.17. The highest BCUT2D eigenvalue weighted by Gasteiger charge is 2.12. The molecule has 0 atom stereocenters. The summed E-state index contributed by atoms with van der Waals surface area (Å²) < 4.78 is 0. The average molecular weight is 393 g/mol. The fourth-order valence-electron chi connectivity index (χ4n) is 3.29. The van der Waals surface area contributed by atoms with Crippen LogP contribution in [0.1, 0.15) is 23.2 Å². The van der Waals surface area contributed by atoms with Crippen LogP contribution in [0.25, 0.3) is 0 Å². The van der Waals surface area contributed by atoms with Crippen LogP contribution in [0.2, 0.25) is 5.02 Å². The van der Waals surface area contributed by atoms with Crippen LogP contribution in [0.3, 0.4) is 0 Å². The third kappa shape index (κ3) is 4.26. The average Bonchev–Trinajstić information content (AvgIpc) is 3.25. The van der Waals surface area contributed by atoms with Gasteiger partial charge in [-0.05, 0) is 55.3 Å². The Hall–Kier alpha value is -3.05. The Kier molecular flexibility index (Phi) is 5.44. The molecule has 0 radical (unpaired) electrons. The molecule has 3 aromatic rings. The van der Waals surface area contributed by atoms with Gasteiger partial charge in [0.25, 0.3) is 5.91 Å². The van der Waals surface area contributed by atoms with Crippen molar-refractivity contribution < 1.29 is 4.79 Å². The van der Waals surface area contributed by atoms with Crippen molar-refractivity contribution in [2.45, 2.75) is 12.8 Å². The minimum atomic E-state index is -0.256. The monoisotopic (exact) mass is 392 g/mol. The van der Waals surface area contributed by atoms with Crippen molar-refractivity contribution in [3.63, 3.8) is 0 Å². The van der Waals surface area contributed by atoms with Gasteiger partial charge in [-0.15, -0.1) is 0 Å². The first-order valence-corrected chi connectivity index (χ1v) is 9.70. The fourth-order valence-corrected chi connectivity index (χ4v) is 3.47. The molecule has 28 heavy (non-hydrogen) atoms. The zero-order chi connectivity index (χ0) is 19.3. The molecule has 1 aliphatic heterocycles. The van der Waals surface area contributed by atoms with Gasteiger partial charge in [-0.25, -0.2) is 0 Å². The van der Waals surface area contributed by atoms with E-state index in [2.05, 4.69) is 32.7 Å². The van der Waals surface area contributed by atoms with E-state index in [4.69, 9.17) is 11.6 Å². The topological polar surface area (TPSA) is 57.3 Å². The maximum absolute atomic E-state index is 12.5. The van der Waals surface area contributed by atoms with Gasteiger partial charge in [0, 0.05) is 30.7 Å². The molecular weight excluding hydrogens is 372 g/mol. The number of halogens is 1. The number of rotatable bonds is 5. The first kappa shape index (κ1) is 18.3. The van der Waals surface area contributed by atoms with Gasteiger partial charge in [0.1, 0.15) is 0 Å². The minimum Gasteiger partial charge on any atom is -0.372 e. The molecule has 1 aromatic heterocycles. The van der Waals surface area contributed by atoms with E-state index >= 15 is 0 Å². The number of para-hydroxylation sites is 1. The van der Waals surface area contributed by atoms with E-state index in [1.807, 2.05) is 24.3 Å². The summed E-state index contributed by atoms with van der Waals surface area (Å²) in [7, 11) is 0. The molecule has 0 bridgehead atoms. The van der Waals surface area contributed by atoms with Crippen LogP contribution in [0.15, 0.2) is 67.0 Å². The van der Waals surface area contributed by atoms with Gasteiger partial charge >= 0.3 is 0 Å². The molecule has 2 aromatic carbocycles. The maximum Gasteiger partial charge on any atom is 0.257 e. The molecule has 0 unspecified atom stereocenters. The van der Waals surface area contributed by atoms with Crippen LogP contribution >= 0.6 is 11.6 Å². The molecule has 4 rings (SSSR count). The summed E-state index contributed by atoms with van der Waals surface area (Å²) in [6.45, 7) is 2.25. The number of carbonyl (C=O) groups excluding carboxylic acids is 1. The first-order valence-electron chi connectivity index (χ1n) is 9.32. The lowest BCUT2D eigenvalue weighted by atomic mass is 10.2. The molecule has 6 heteroatoms. The summed E-state index contributed by atoms with van der Waals surface area (Å²) in [5, 5.41) is 6.61. The van der Waals surface area contributed by atoms with Crippen molar-refractivity contribution >= 4 is 40.3 Å². The summed E-state index contributed by atoms with van der Waals surface area (Å²) in [5.74, 6) is -0.256. The van der Waals surface area contributed by atoms with Gasteiger partial charge in [-0.1, -0.05) is 23.7 Å². The van der Waals surface area contributed by atoms with Gasteiger partial charge in [-0.3, -0.25) is 9.78 Å². The Balaban J connectivity index is 1.44. The lowest BCUT2D eigenvalue weighted by Gasteiger charge is -2.18. The van der Waals surface area contributed by atoms with Gasteiger partial charge in [0.15, 0.2) is 0 Å². The Bertz CT molecular complexity index is 968. The first-order chi connectivity index (χ1) is 13.7. The predicted molar refractivity (Wildman–Crippen MR) is 115 cm³/mol. The van der Waals surface area contributed by atoms with E-state index in [1.165, 1.54) is 24.7 Å². The van der Waals surface area contributed by atoms with E-state index in [9.17, 15) is 4.79 Å². The van der Waals surface area contributed by atoms with Crippen molar-refractivity contribution in [1.82, 2.24) is 4.98 Å². The number of hydrogen-bond acceptors (Lipinski definition) is 4. The Morgan fingerprint density at radius 3 is 2.46 bits per heavy atom. The van der Waals surface area contributed by atoms with Crippen LogP contribution < -0.4 is 15.5 Å². The molecule has 0 saturated carbocycles. The molecule has 1 amide bonds. The highest BCUT2D eigenvalue weighted by molar-refractivity contribution is 6.33. The number of carbonyl (C=O) groups is 1. The maximum atomic E-state index is 12.5. The zero-order valence-electron chi connectivity index (χ0n) is 15.4. The number of anilines is 4. The van der Waals surface area contributed by atoms with Crippen LogP contribution in [0.4, 0.5) is 22.7 Å². The molecule has 2 N–H and O–H groups in total. The van der Waals surface area contributed by atoms with Crippen molar-refractivity contribution in [3.05, 3.63) is 77.6 Å². The van der Waals surface area contributed by atoms with Crippen molar-refractivity contribution in [3.8, 4) is 0 Å². The van der Waals surface area contributed by atoms with Crippen molar-refractivity contribution in [2.24, 2.45) is 0 Å². The molecule has 0 spiro atoms. The molecule has 1 saturated heterocycles. The molecule has 1 aliphatic rings. The number of nitrogens with zero attached hydrogens (tertiary/aromatic N) is 2. The fraction of sp³-hybridized carbons (Fsp3) is 0.182. The van der Waals surface area contributed by atoms with Crippen LogP contribution in [0.5, 0.6) is 0 Å². The van der Waals surface area contributed by atoms with E-state index in [1.54, 1.807) is 24.4 Å². The third-order valence-electron chi connectivity index (χ3n) is 4.75. The number of nitrogens with one attached hydrogen (secondary N) is 2. The van der Waals surface area contributed by atoms with Gasteiger partial charge in [0.2, 0.25) is 0 Å². The second-order valence-electron chi connectivity index (χ2n) is 6.76. The summed E-state index contributed by atoms with van der Waals surface area (Å²) >= 11 is 6.11. The van der Waals surface area contributed by atoms with E-state index in [-0.39, 0.29) is 5.91 Å². The second kappa shape index (κ2) is 8.31. The zero-order valence-corrected chi connectivity index (χ0v) is 16.1. The standard InChI is InChI=1S/C22H21ClN4O/c23-20-5-1-2-6-21(20)26-22(28)16-13-18(15-24-14-16)25-17-7-9-19(10-8-17)27-11-3-4-12-27/h1-2,5-10,13-15,25H,3-4,11-12H2,(H,26,28). The van der Waals surface area contributed by atoms with Crippen LogP contribution in [-0.4, -0.2) is 24.0 Å². The largest absolute Gasteiger partial charge is 0.372 e. The minimum absolute atomic E-state index is 0.256. The van der Waals surface area contributed by atoms with E-state index in [0.29, 0.717) is 16.3 Å². The number of pyridine rings is 1. The SMILES string of the molecule is O=C(Nc1ccccc1Cl)c1cncc(Nc2ccc(N3CCCC3)cc2)c1. The summed E-state index contributed by atoms with van der Waals surface area (Å²) in [6, 6.07) is 17.2. The number of benzene rings is 2. The highest BCUT2D eigenvalue weighted by atomic mass is 35.5. The van der Waals surface area contributed by atoms with Crippen LogP contribution in [0, 0.1) is 0 Å². The molecule has 2 heterocycles. The normalized spacial score (nSPS) is 13.4. The molecule has 5 nitrogen and oxygen atoms in total. The van der Waals surface area contributed by atoms with Gasteiger partial charge in [0.05, 0.1) is 28.2 Å². The Morgan fingerprint density at radius 2 is 1.71 bits per heavy atom. The smallest absolute Gasteiger partial charge is 0.257 e. The molecule has 1 fully saturated rings. The third-order valence-corrected chi connectivity index (χ3v) is 5.08.